The zero-order chi connectivity index (χ0) is 13.4. The van der Waals surface area contributed by atoms with Crippen molar-refractivity contribution in [2.45, 2.75) is 9.65 Å². The number of anilines is 1. The Bertz CT molecular complexity index is 510. The van der Waals surface area contributed by atoms with Crippen LogP contribution < -0.4 is 10.5 Å². The first-order valence-electron chi connectivity index (χ1n) is 5.08. The van der Waals surface area contributed by atoms with Crippen LogP contribution in [0.1, 0.15) is 20.7 Å². The number of nitrogens with two attached hydrogens (primary N) is 1. The molecule has 0 aromatic heterocycles. The molecule has 2 unspecified atom stereocenters. The van der Waals surface area contributed by atoms with Gasteiger partial charge in [0.25, 0.3) is 0 Å². The van der Waals surface area contributed by atoms with Gasteiger partial charge in [-0.1, -0.05) is 31.9 Å². The molecule has 4 nitrogen and oxygen atoms in total. The summed E-state index contributed by atoms with van der Waals surface area (Å²) in [6.45, 7) is 0.301. The Morgan fingerprint density at radius 3 is 2.89 bits per heavy atom. The molecule has 2 atom stereocenters. The SMILES string of the molecule is COC(=O)c1c(N)cc(F)c2c1OCC(Br)C2Br. The average molecular weight is 383 g/mol. The minimum atomic E-state index is -0.642. The van der Waals surface area contributed by atoms with Crippen molar-refractivity contribution in [2.75, 3.05) is 19.5 Å². The van der Waals surface area contributed by atoms with Crippen LogP contribution in [0.2, 0.25) is 0 Å². The van der Waals surface area contributed by atoms with Crippen molar-refractivity contribution < 1.29 is 18.7 Å². The smallest absolute Gasteiger partial charge is 0.343 e. The molecule has 0 amide bonds. The number of carbonyl (C=O) groups is 1. The summed E-state index contributed by atoms with van der Waals surface area (Å²) in [5.41, 5.74) is 6.00. The zero-order valence-electron chi connectivity index (χ0n) is 9.38. The summed E-state index contributed by atoms with van der Waals surface area (Å²) >= 11 is 6.74. The summed E-state index contributed by atoms with van der Waals surface area (Å²) in [4.78, 5) is 11.3. The lowest BCUT2D eigenvalue weighted by atomic mass is 10.00. The van der Waals surface area contributed by atoms with E-state index in [-0.39, 0.29) is 32.2 Å². The van der Waals surface area contributed by atoms with E-state index in [4.69, 9.17) is 10.5 Å². The van der Waals surface area contributed by atoms with E-state index < -0.39 is 11.8 Å². The first-order chi connectivity index (χ1) is 8.47. The van der Waals surface area contributed by atoms with Gasteiger partial charge in [0.15, 0.2) is 0 Å². The predicted molar refractivity (Wildman–Crippen MR) is 72.0 cm³/mol. The van der Waals surface area contributed by atoms with Gasteiger partial charge < -0.3 is 15.2 Å². The lowest BCUT2D eigenvalue weighted by Gasteiger charge is -2.28. The number of carbonyl (C=O) groups excluding carboxylic acids is 1. The van der Waals surface area contributed by atoms with Gasteiger partial charge in [-0.15, -0.1) is 0 Å². The monoisotopic (exact) mass is 381 g/mol. The lowest BCUT2D eigenvalue weighted by molar-refractivity contribution is 0.0596. The average Bonchev–Trinajstić information content (AvgIpc) is 2.32. The number of alkyl halides is 2. The van der Waals surface area contributed by atoms with Gasteiger partial charge in [-0.05, 0) is 6.07 Å². The summed E-state index contributed by atoms with van der Waals surface area (Å²) in [5.74, 6) is -1.01. The Kier molecular flexibility index (Phi) is 3.82. The van der Waals surface area contributed by atoms with Crippen molar-refractivity contribution in [3.63, 3.8) is 0 Å². The van der Waals surface area contributed by atoms with Crippen LogP contribution in [0.4, 0.5) is 10.1 Å². The summed E-state index contributed by atoms with van der Waals surface area (Å²) in [6.07, 6.45) is 0. The molecule has 0 bridgehead atoms. The van der Waals surface area contributed by atoms with E-state index in [2.05, 4.69) is 36.6 Å². The van der Waals surface area contributed by atoms with Crippen molar-refractivity contribution in [2.24, 2.45) is 0 Å². The topological polar surface area (TPSA) is 61.5 Å². The molecule has 1 aromatic carbocycles. The van der Waals surface area contributed by atoms with Crippen LogP contribution in [0, 0.1) is 5.82 Å². The highest BCUT2D eigenvalue weighted by Gasteiger charge is 2.35. The largest absolute Gasteiger partial charge is 0.491 e. The Balaban J connectivity index is 2.67. The Hall–Kier alpha value is -0.820. The van der Waals surface area contributed by atoms with Gasteiger partial charge in [0.05, 0.1) is 22.5 Å². The molecule has 98 valence electrons. The maximum Gasteiger partial charge on any atom is 0.343 e. The molecule has 0 spiro atoms. The molecule has 0 saturated carbocycles. The third-order valence-corrected chi connectivity index (χ3v) is 5.27. The van der Waals surface area contributed by atoms with Gasteiger partial charge in [-0.3, -0.25) is 0 Å². The number of hydrogen-bond donors (Lipinski definition) is 1. The second kappa shape index (κ2) is 5.05. The van der Waals surface area contributed by atoms with Crippen molar-refractivity contribution >= 4 is 43.5 Å². The molecule has 1 heterocycles. The maximum absolute atomic E-state index is 13.9. The van der Waals surface area contributed by atoms with Gasteiger partial charge in [0.2, 0.25) is 0 Å². The summed E-state index contributed by atoms with van der Waals surface area (Å²) in [5, 5.41) is 0. The molecule has 0 fully saturated rings. The second-order valence-corrected chi connectivity index (χ2v) is 5.95. The molecule has 1 aliphatic rings. The number of methoxy groups -OCH3 is 1. The molecular weight excluding hydrogens is 373 g/mol. The number of hydrogen-bond acceptors (Lipinski definition) is 4. The van der Waals surface area contributed by atoms with Crippen LogP contribution >= 0.6 is 31.9 Å². The standard InChI is InChI=1S/C11H10Br2FNO3/c1-17-11(16)8-6(15)2-5(14)7-9(13)4(12)3-18-10(7)8/h2,4,9H,3,15H2,1H3. The number of benzene rings is 1. The van der Waals surface area contributed by atoms with E-state index in [1.54, 1.807) is 0 Å². The lowest BCUT2D eigenvalue weighted by Crippen LogP contribution is -2.26. The summed E-state index contributed by atoms with van der Waals surface area (Å²) in [7, 11) is 1.24. The van der Waals surface area contributed by atoms with Crippen molar-refractivity contribution in [3.8, 4) is 5.75 Å². The van der Waals surface area contributed by atoms with Crippen LogP contribution in [0.25, 0.3) is 0 Å². The number of rotatable bonds is 1. The van der Waals surface area contributed by atoms with Crippen LogP contribution in [0.5, 0.6) is 5.75 Å². The molecule has 18 heavy (non-hydrogen) atoms. The Labute approximate surface area is 120 Å². The van der Waals surface area contributed by atoms with E-state index in [0.717, 1.165) is 6.07 Å². The fourth-order valence-electron chi connectivity index (χ4n) is 1.81. The normalized spacial score (nSPS) is 22.0. The minimum absolute atomic E-state index is 0.00539. The second-order valence-electron chi connectivity index (χ2n) is 3.79. The molecule has 1 aromatic rings. The van der Waals surface area contributed by atoms with Gasteiger partial charge in [-0.2, -0.15) is 0 Å². The number of ether oxygens (including phenoxy) is 2. The first kappa shape index (κ1) is 13.6. The molecule has 7 heteroatoms. The van der Waals surface area contributed by atoms with E-state index >= 15 is 0 Å². The highest BCUT2D eigenvalue weighted by atomic mass is 79.9. The number of nitrogen functional groups attached to an aromatic ring is 1. The van der Waals surface area contributed by atoms with E-state index in [0.29, 0.717) is 6.61 Å². The molecular formula is C11H10Br2FNO3. The predicted octanol–water partition coefficient (Wildman–Crippen LogP) is 2.79. The van der Waals surface area contributed by atoms with E-state index in [1.807, 2.05) is 0 Å². The first-order valence-corrected chi connectivity index (χ1v) is 6.91. The van der Waals surface area contributed by atoms with Crippen molar-refractivity contribution in [1.82, 2.24) is 0 Å². The van der Waals surface area contributed by atoms with E-state index in [1.165, 1.54) is 7.11 Å². The molecule has 2 rings (SSSR count). The molecule has 2 N–H and O–H groups in total. The number of esters is 1. The number of fused-ring (bicyclic) bond motifs is 1. The zero-order valence-corrected chi connectivity index (χ0v) is 12.5. The van der Waals surface area contributed by atoms with E-state index in [9.17, 15) is 9.18 Å². The molecule has 1 aliphatic heterocycles. The number of halogens is 3. The van der Waals surface area contributed by atoms with Crippen LogP contribution in [-0.4, -0.2) is 24.5 Å². The molecule has 0 radical (unpaired) electrons. The Morgan fingerprint density at radius 1 is 1.61 bits per heavy atom. The van der Waals surface area contributed by atoms with Gasteiger partial charge in [0.1, 0.15) is 23.7 Å². The molecule has 0 aliphatic carbocycles. The van der Waals surface area contributed by atoms with Crippen LogP contribution in [0.15, 0.2) is 6.07 Å². The van der Waals surface area contributed by atoms with Crippen LogP contribution in [-0.2, 0) is 4.74 Å². The third kappa shape index (κ3) is 2.09. The fraction of sp³-hybridized carbons (Fsp3) is 0.364. The molecule has 0 saturated heterocycles. The van der Waals surface area contributed by atoms with Crippen molar-refractivity contribution in [1.29, 1.82) is 0 Å². The van der Waals surface area contributed by atoms with Gasteiger partial charge >= 0.3 is 5.97 Å². The van der Waals surface area contributed by atoms with Crippen molar-refractivity contribution in [3.05, 3.63) is 23.0 Å². The maximum atomic E-state index is 13.9. The fourth-order valence-corrected chi connectivity index (χ4v) is 2.78. The highest BCUT2D eigenvalue weighted by molar-refractivity contribution is 9.12. The summed E-state index contributed by atoms with van der Waals surface area (Å²) in [6, 6.07) is 1.10. The minimum Gasteiger partial charge on any atom is -0.491 e. The van der Waals surface area contributed by atoms with Gasteiger partial charge in [0, 0.05) is 5.56 Å². The van der Waals surface area contributed by atoms with Crippen LogP contribution in [0.3, 0.4) is 0 Å². The van der Waals surface area contributed by atoms with Gasteiger partial charge in [-0.25, -0.2) is 9.18 Å². The quantitative estimate of drug-likeness (QED) is 0.461. The summed E-state index contributed by atoms with van der Waals surface area (Å²) < 4.78 is 24.0. The highest BCUT2D eigenvalue weighted by Crippen LogP contribution is 2.45. The third-order valence-electron chi connectivity index (χ3n) is 2.67. The Morgan fingerprint density at radius 2 is 2.28 bits per heavy atom.